The number of amides is 2. The number of nitrogens with zero attached hydrogens (tertiary/aromatic N) is 3. The molecule has 2 heterocycles. The maximum atomic E-state index is 12.1. The number of rotatable bonds is 6. The Morgan fingerprint density at radius 3 is 3.24 bits per heavy atom. The molecular formula is C14H22N4O3. The van der Waals surface area contributed by atoms with Gasteiger partial charge in [-0.3, -0.25) is 9.97 Å². The highest BCUT2D eigenvalue weighted by Crippen LogP contribution is 2.06. The van der Waals surface area contributed by atoms with Crippen LogP contribution in [0.3, 0.4) is 0 Å². The van der Waals surface area contributed by atoms with Gasteiger partial charge in [-0.1, -0.05) is 0 Å². The number of carbonyl (C=O) groups is 1. The molecule has 2 amide bonds. The van der Waals surface area contributed by atoms with E-state index in [1.54, 1.807) is 23.5 Å². The molecule has 0 aromatic carbocycles. The van der Waals surface area contributed by atoms with Crippen molar-refractivity contribution in [2.75, 3.05) is 39.5 Å². The smallest absolute Gasteiger partial charge is 0.317 e. The standard InChI is InChI=1S/C14H22N4O3/c1-2-20-11-13-10-18(7-8-21-13)14(19)17-4-3-12-9-15-5-6-16-12/h5-6,9,13H,2-4,7-8,10-11H2,1H3,(H,17,19). The van der Waals surface area contributed by atoms with Crippen LogP contribution < -0.4 is 5.32 Å². The average molecular weight is 294 g/mol. The summed E-state index contributed by atoms with van der Waals surface area (Å²) in [5.41, 5.74) is 0.869. The van der Waals surface area contributed by atoms with Crippen molar-refractivity contribution in [1.29, 1.82) is 0 Å². The molecular weight excluding hydrogens is 272 g/mol. The number of hydrogen-bond donors (Lipinski definition) is 1. The van der Waals surface area contributed by atoms with Crippen LogP contribution in [0.1, 0.15) is 12.6 Å². The zero-order valence-corrected chi connectivity index (χ0v) is 12.3. The molecule has 1 saturated heterocycles. The van der Waals surface area contributed by atoms with E-state index in [9.17, 15) is 4.79 Å². The van der Waals surface area contributed by atoms with Gasteiger partial charge in [-0.25, -0.2) is 4.79 Å². The van der Waals surface area contributed by atoms with Crippen molar-refractivity contribution in [3.05, 3.63) is 24.3 Å². The molecule has 1 atom stereocenters. The van der Waals surface area contributed by atoms with Gasteiger partial charge in [-0.05, 0) is 6.92 Å². The number of aromatic nitrogens is 2. The monoisotopic (exact) mass is 294 g/mol. The molecule has 1 aromatic heterocycles. The third-order valence-corrected chi connectivity index (χ3v) is 3.21. The highest BCUT2D eigenvalue weighted by molar-refractivity contribution is 5.74. The molecule has 7 nitrogen and oxygen atoms in total. The second-order valence-electron chi connectivity index (χ2n) is 4.78. The zero-order valence-electron chi connectivity index (χ0n) is 12.3. The molecule has 1 aliphatic heterocycles. The molecule has 1 fully saturated rings. The number of nitrogens with one attached hydrogen (secondary N) is 1. The van der Waals surface area contributed by atoms with E-state index in [2.05, 4.69) is 15.3 Å². The first-order chi connectivity index (χ1) is 10.3. The van der Waals surface area contributed by atoms with E-state index in [0.717, 1.165) is 5.69 Å². The van der Waals surface area contributed by atoms with Crippen LogP contribution >= 0.6 is 0 Å². The van der Waals surface area contributed by atoms with Crippen molar-refractivity contribution in [2.24, 2.45) is 0 Å². The summed E-state index contributed by atoms with van der Waals surface area (Å²) in [4.78, 5) is 22.0. The van der Waals surface area contributed by atoms with Crippen molar-refractivity contribution < 1.29 is 14.3 Å². The largest absolute Gasteiger partial charge is 0.379 e. The molecule has 1 aromatic rings. The number of carbonyl (C=O) groups excluding carboxylic acids is 1. The Kier molecular flexibility index (Phi) is 6.36. The van der Waals surface area contributed by atoms with E-state index >= 15 is 0 Å². The summed E-state index contributed by atoms with van der Waals surface area (Å²) in [6.45, 7) is 5.40. The van der Waals surface area contributed by atoms with Crippen molar-refractivity contribution in [3.8, 4) is 0 Å². The number of hydrogen-bond acceptors (Lipinski definition) is 5. The maximum Gasteiger partial charge on any atom is 0.317 e. The van der Waals surface area contributed by atoms with Crippen molar-refractivity contribution in [2.45, 2.75) is 19.4 Å². The minimum atomic E-state index is -0.0660. The number of urea groups is 1. The van der Waals surface area contributed by atoms with Crippen molar-refractivity contribution in [3.63, 3.8) is 0 Å². The van der Waals surface area contributed by atoms with Crippen LogP contribution in [0.2, 0.25) is 0 Å². The van der Waals surface area contributed by atoms with Gasteiger partial charge in [0, 0.05) is 44.7 Å². The molecule has 7 heteroatoms. The lowest BCUT2D eigenvalue weighted by Gasteiger charge is -2.32. The van der Waals surface area contributed by atoms with Crippen LogP contribution in [-0.2, 0) is 15.9 Å². The minimum absolute atomic E-state index is 0.0376. The van der Waals surface area contributed by atoms with Gasteiger partial charge in [0.25, 0.3) is 0 Å². The lowest BCUT2D eigenvalue weighted by Crippen LogP contribution is -2.51. The van der Waals surface area contributed by atoms with Crippen LogP contribution in [-0.4, -0.2) is 66.5 Å². The summed E-state index contributed by atoms with van der Waals surface area (Å²) >= 11 is 0. The van der Waals surface area contributed by atoms with Crippen molar-refractivity contribution in [1.82, 2.24) is 20.2 Å². The Morgan fingerprint density at radius 1 is 1.57 bits per heavy atom. The topological polar surface area (TPSA) is 76.6 Å². The van der Waals surface area contributed by atoms with Crippen LogP contribution in [0, 0.1) is 0 Å². The molecule has 2 rings (SSSR count). The summed E-state index contributed by atoms with van der Waals surface area (Å²) in [6, 6.07) is -0.0660. The molecule has 1 unspecified atom stereocenters. The van der Waals surface area contributed by atoms with E-state index in [0.29, 0.717) is 45.9 Å². The van der Waals surface area contributed by atoms with Gasteiger partial charge in [0.15, 0.2) is 0 Å². The molecule has 0 spiro atoms. The van der Waals surface area contributed by atoms with Gasteiger partial charge >= 0.3 is 6.03 Å². The molecule has 0 radical (unpaired) electrons. The summed E-state index contributed by atoms with van der Waals surface area (Å²) in [5.74, 6) is 0. The third kappa shape index (κ3) is 5.28. The highest BCUT2D eigenvalue weighted by Gasteiger charge is 2.23. The van der Waals surface area contributed by atoms with Gasteiger partial charge in [0.2, 0.25) is 0 Å². The number of morpholine rings is 1. The van der Waals surface area contributed by atoms with E-state index in [1.807, 2.05) is 6.92 Å². The van der Waals surface area contributed by atoms with E-state index in [-0.39, 0.29) is 12.1 Å². The third-order valence-electron chi connectivity index (χ3n) is 3.21. The first kappa shape index (κ1) is 15.7. The van der Waals surface area contributed by atoms with Gasteiger partial charge in [-0.2, -0.15) is 0 Å². The summed E-state index contributed by atoms with van der Waals surface area (Å²) in [6.07, 6.45) is 5.63. The van der Waals surface area contributed by atoms with E-state index in [1.165, 1.54) is 0 Å². The average Bonchev–Trinajstić information content (AvgIpc) is 2.54. The predicted molar refractivity (Wildman–Crippen MR) is 76.9 cm³/mol. The predicted octanol–water partition coefficient (Wildman–Crippen LogP) is 0.466. The summed E-state index contributed by atoms with van der Waals surface area (Å²) in [7, 11) is 0. The fourth-order valence-electron chi connectivity index (χ4n) is 2.12. The Morgan fingerprint density at radius 2 is 2.48 bits per heavy atom. The molecule has 116 valence electrons. The minimum Gasteiger partial charge on any atom is -0.379 e. The maximum absolute atomic E-state index is 12.1. The molecule has 1 aliphatic rings. The first-order valence-electron chi connectivity index (χ1n) is 7.26. The van der Waals surface area contributed by atoms with Crippen LogP contribution in [0.15, 0.2) is 18.6 Å². The van der Waals surface area contributed by atoms with Crippen LogP contribution in [0.25, 0.3) is 0 Å². The van der Waals surface area contributed by atoms with E-state index < -0.39 is 0 Å². The Bertz CT molecular complexity index is 429. The second-order valence-corrected chi connectivity index (χ2v) is 4.78. The Labute approximate surface area is 124 Å². The normalized spacial score (nSPS) is 18.5. The molecule has 1 N–H and O–H groups in total. The van der Waals surface area contributed by atoms with Gasteiger partial charge < -0.3 is 19.7 Å². The highest BCUT2D eigenvalue weighted by atomic mass is 16.5. The van der Waals surface area contributed by atoms with Crippen molar-refractivity contribution >= 4 is 6.03 Å². The first-order valence-corrected chi connectivity index (χ1v) is 7.26. The molecule has 0 bridgehead atoms. The molecule has 0 aliphatic carbocycles. The van der Waals surface area contributed by atoms with Gasteiger partial charge in [-0.15, -0.1) is 0 Å². The lowest BCUT2D eigenvalue weighted by molar-refractivity contribution is -0.0566. The Hall–Kier alpha value is -1.73. The Balaban J connectivity index is 1.70. The fraction of sp³-hybridized carbons (Fsp3) is 0.643. The molecule has 21 heavy (non-hydrogen) atoms. The molecule has 0 saturated carbocycles. The SMILES string of the molecule is CCOCC1CN(C(=O)NCCc2cnccn2)CCO1. The van der Waals surface area contributed by atoms with Crippen LogP contribution in [0.5, 0.6) is 0 Å². The van der Waals surface area contributed by atoms with E-state index in [4.69, 9.17) is 9.47 Å². The summed E-state index contributed by atoms with van der Waals surface area (Å²) < 4.78 is 10.9. The van der Waals surface area contributed by atoms with Crippen LogP contribution in [0.4, 0.5) is 4.79 Å². The van der Waals surface area contributed by atoms with Gasteiger partial charge in [0.1, 0.15) is 0 Å². The summed E-state index contributed by atoms with van der Waals surface area (Å²) in [5, 5.41) is 2.90. The quantitative estimate of drug-likeness (QED) is 0.825. The fourth-order valence-corrected chi connectivity index (χ4v) is 2.12. The lowest BCUT2D eigenvalue weighted by atomic mass is 10.3. The number of ether oxygens (including phenoxy) is 2. The second kappa shape index (κ2) is 8.53. The zero-order chi connectivity index (χ0) is 14.9. The van der Waals surface area contributed by atoms with Gasteiger partial charge in [0.05, 0.1) is 31.6 Å².